The molecule has 4 rings (SSSR count). The van der Waals surface area contributed by atoms with E-state index in [2.05, 4.69) is 35.7 Å². The van der Waals surface area contributed by atoms with Gasteiger partial charge in [-0.25, -0.2) is 4.98 Å². The molecule has 0 atom stereocenters. The maximum absolute atomic E-state index is 5.93. The predicted octanol–water partition coefficient (Wildman–Crippen LogP) is 5.38. The van der Waals surface area contributed by atoms with E-state index in [0.29, 0.717) is 31.8 Å². The molecule has 0 spiro atoms. The number of benzene rings is 1. The molecule has 0 saturated heterocycles. The second-order valence-electron chi connectivity index (χ2n) is 10.6. The van der Waals surface area contributed by atoms with Gasteiger partial charge in [0.05, 0.1) is 25.5 Å². The Balaban J connectivity index is 1.30. The Hall–Kier alpha value is -2.74. The number of hydrogen-bond acceptors (Lipinski definition) is 8. The van der Waals surface area contributed by atoms with Gasteiger partial charge >= 0.3 is 0 Å². The lowest BCUT2D eigenvalue weighted by molar-refractivity contribution is 0.281. The molecule has 0 bridgehead atoms. The molecule has 1 saturated carbocycles. The minimum Gasteiger partial charge on any atom is -0.493 e. The monoisotopic (exact) mass is 525 g/mol. The van der Waals surface area contributed by atoms with E-state index in [4.69, 9.17) is 24.2 Å². The zero-order valence-corrected chi connectivity index (χ0v) is 24.1. The van der Waals surface area contributed by atoms with Gasteiger partial charge < -0.3 is 29.7 Å². The van der Waals surface area contributed by atoms with Crippen LogP contribution in [0.25, 0.3) is 0 Å². The van der Waals surface area contributed by atoms with Gasteiger partial charge in [-0.1, -0.05) is 0 Å². The number of rotatable bonds is 13. The molecule has 0 aliphatic heterocycles. The van der Waals surface area contributed by atoms with E-state index >= 15 is 0 Å². The number of anilines is 2. The minimum absolute atomic E-state index is 0.437. The number of nitrogens with zero attached hydrogens (tertiary/aromatic N) is 3. The second-order valence-corrected chi connectivity index (χ2v) is 10.6. The summed E-state index contributed by atoms with van der Waals surface area (Å²) in [5.41, 5.74) is 3.69. The smallest absolute Gasteiger partial charge is 0.225 e. The molecule has 38 heavy (non-hydrogen) atoms. The maximum atomic E-state index is 5.93. The average molecular weight is 526 g/mol. The zero-order chi connectivity index (χ0) is 26.9. The first-order valence-electron chi connectivity index (χ1n) is 14.6. The van der Waals surface area contributed by atoms with Crippen molar-refractivity contribution in [1.29, 1.82) is 0 Å². The van der Waals surface area contributed by atoms with Crippen molar-refractivity contribution in [2.24, 2.45) is 5.92 Å². The van der Waals surface area contributed by atoms with E-state index < -0.39 is 0 Å². The van der Waals surface area contributed by atoms with E-state index in [1.165, 1.54) is 36.9 Å². The normalized spacial score (nSPS) is 19.0. The van der Waals surface area contributed by atoms with Crippen LogP contribution in [0.5, 0.6) is 17.2 Å². The summed E-state index contributed by atoms with van der Waals surface area (Å²) in [4.78, 5) is 12.0. The Morgan fingerprint density at radius 2 is 1.50 bits per heavy atom. The minimum atomic E-state index is 0.437. The largest absolute Gasteiger partial charge is 0.493 e. The Labute approximate surface area is 228 Å². The van der Waals surface area contributed by atoms with Crippen LogP contribution in [-0.2, 0) is 19.4 Å². The van der Waals surface area contributed by atoms with Gasteiger partial charge in [-0.15, -0.1) is 0 Å². The average Bonchev–Trinajstić information content (AvgIpc) is 2.91. The summed E-state index contributed by atoms with van der Waals surface area (Å²) in [6, 6.07) is 4.47. The fraction of sp³-hybridized carbons (Fsp3) is 0.667. The molecule has 8 heteroatoms. The summed E-state index contributed by atoms with van der Waals surface area (Å²) in [5, 5.41) is 7.36. The fourth-order valence-corrected chi connectivity index (χ4v) is 5.66. The van der Waals surface area contributed by atoms with Crippen LogP contribution in [0.15, 0.2) is 12.1 Å². The molecule has 0 amide bonds. The molecule has 0 radical (unpaired) electrons. The number of nitrogens with one attached hydrogen (secondary N) is 2. The van der Waals surface area contributed by atoms with Crippen LogP contribution >= 0.6 is 0 Å². The summed E-state index contributed by atoms with van der Waals surface area (Å²) in [6.07, 6.45) is 9.31. The summed E-state index contributed by atoms with van der Waals surface area (Å²) in [6.45, 7) is 9.54. The number of aryl methyl sites for hydroxylation is 1. The van der Waals surface area contributed by atoms with Crippen molar-refractivity contribution in [3.63, 3.8) is 0 Å². The molecule has 1 fully saturated rings. The predicted molar refractivity (Wildman–Crippen MR) is 154 cm³/mol. The van der Waals surface area contributed by atoms with Gasteiger partial charge in [0.15, 0.2) is 11.5 Å². The lowest BCUT2D eigenvalue weighted by Crippen LogP contribution is -2.32. The molecule has 8 nitrogen and oxygen atoms in total. The Kier molecular flexibility index (Phi) is 10.3. The highest BCUT2D eigenvalue weighted by molar-refractivity contribution is 5.53. The van der Waals surface area contributed by atoms with E-state index in [0.717, 1.165) is 73.4 Å². The van der Waals surface area contributed by atoms with Crippen molar-refractivity contribution in [3.05, 3.63) is 29.0 Å². The first kappa shape index (κ1) is 28.3. The zero-order valence-electron chi connectivity index (χ0n) is 24.1. The highest BCUT2D eigenvalue weighted by atomic mass is 16.5. The molecule has 210 valence electrons. The second kappa shape index (κ2) is 13.9. The Morgan fingerprint density at radius 3 is 2.18 bits per heavy atom. The van der Waals surface area contributed by atoms with Crippen molar-refractivity contribution < 1.29 is 14.2 Å². The van der Waals surface area contributed by atoms with Crippen molar-refractivity contribution in [3.8, 4) is 17.2 Å². The van der Waals surface area contributed by atoms with Crippen LogP contribution in [0.4, 0.5) is 11.8 Å². The molecule has 1 aromatic carbocycles. The lowest BCUT2D eigenvalue weighted by Gasteiger charge is -2.30. The first-order valence-corrected chi connectivity index (χ1v) is 14.6. The summed E-state index contributed by atoms with van der Waals surface area (Å²) in [5.74, 6) is 4.95. The summed E-state index contributed by atoms with van der Waals surface area (Å²) in [7, 11) is 4.17. The highest BCUT2D eigenvalue weighted by Crippen LogP contribution is 2.36. The van der Waals surface area contributed by atoms with Gasteiger partial charge in [-0.3, -0.25) is 0 Å². The van der Waals surface area contributed by atoms with Gasteiger partial charge in [0, 0.05) is 43.9 Å². The van der Waals surface area contributed by atoms with Gasteiger partial charge in [-0.2, -0.15) is 4.98 Å². The summed E-state index contributed by atoms with van der Waals surface area (Å²) >= 11 is 0. The Bertz CT molecular complexity index is 1040. The van der Waals surface area contributed by atoms with Crippen LogP contribution < -0.4 is 29.7 Å². The van der Waals surface area contributed by atoms with E-state index in [1.54, 1.807) is 0 Å². The van der Waals surface area contributed by atoms with Gasteiger partial charge in [0.25, 0.3) is 0 Å². The molecule has 2 N–H and O–H groups in total. The highest BCUT2D eigenvalue weighted by Gasteiger charge is 2.24. The van der Waals surface area contributed by atoms with Crippen molar-refractivity contribution in [2.45, 2.75) is 84.7 Å². The third-order valence-corrected chi connectivity index (χ3v) is 7.54. The summed E-state index contributed by atoms with van der Waals surface area (Å²) < 4.78 is 17.6. The maximum Gasteiger partial charge on any atom is 0.225 e. The number of aromatic nitrogens is 2. The van der Waals surface area contributed by atoms with Crippen LogP contribution in [0.1, 0.15) is 76.1 Å². The molecule has 2 aliphatic carbocycles. The third-order valence-electron chi connectivity index (χ3n) is 7.54. The van der Waals surface area contributed by atoms with Crippen molar-refractivity contribution in [2.75, 3.05) is 50.7 Å². The molecule has 0 unspecified atom stereocenters. The number of fused-ring (bicyclic) bond motifs is 1. The van der Waals surface area contributed by atoms with E-state index in [1.807, 2.05) is 26.8 Å². The van der Waals surface area contributed by atoms with Crippen molar-refractivity contribution >= 4 is 11.8 Å². The van der Waals surface area contributed by atoms with Crippen LogP contribution in [0.3, 0.4) is 0 Å². The van der Waals surface area contributed by atoms with Gasteiger partial charge in [0.1, 0.15) is 11.6 Å². The quantitative estimate of drug-likeness (QED) is 0.361. The third kappa shape index (κ3) is 7.22. The fourth-order valence-electron chi connectivity index (χ4n) is 5.66. The van der Waals surface area contributed by atoms with Crippen LogP contribution in [-0.4, -0.2) is 56.5 Å². The Morgan fingerprint density at radius 1 is 0.842 bits per heavy atom. The first-order chi connectivity index (χ1) is 18.5. The van der Waals surface area contributed by atoms with Crippen LogP contribution in [0.2, 0.25) is 0 Å². The molecule has 2 aliphatic rings. The molecule has 1 aromatic heterocycles. The number of hydrogen-bond donors (Lipinski definition) is 2. The molecular weight excluding hydrogens is 478 g/mol. The lowest BCUT2D eigenvalue weighted by atomic mass is 9.86. The van der Waals surface area contributed by atoms with E-state index in [-0.39, 0.29) is 0 Å². The molecular formula is C30H47N5O3. The van der Waals surface area contributed by atoms with Gasteiger partial charge in [0.2, 0.25) is 5.95 Å². The SMILES string of the molecule is CCOc1cc(OCC)c(OCC)cc1CNCC1CCC(Nc2nc3c(c(N(C)C)n2)CCCC3)CC1. The molecule has 1 heterocycles. The van der Waals surface area contributed by atoms with Crippen molar-refractivity contribution in [1.82, 2.24) is 15.3 Å². The molecule has 2 aromatic rings. The topological polar surface area (TPSA) is 80.8 Å². The van der Waals surface area contributed by atoms with E-state index in [9.17, 15) is 0 Å². The number of ether oxygens (including phenoxy) is 3. The van der Waals surface area contributed by atoms with Crippen LogP contribution in [0, 0.1) is 5.92 Å². The standard InChI is InChI=1S/C30H47N5O3/c1-6-36-26-18-28(38-8-3)27(37-7-2)17-22(26)20-31-19-21-13-15-23(16-14-21)32-30-33-25-12-10-9-11-24(25)29(34-30)35(4)5/h17-18,21,23,31H,6-16,19-20H2,1-5H3,(H,32,33,34). The van der Waals surface area contributed by atoms with Gasteiger partial charge in [-0.05, 0) is 90.7 Å².